The average molecular weight is 323 g/mol. The Morgan fingerprint density at radius 1 is 1.45 bits per heavy atom. The molecule has 1 aliphatic heterocycles. The van der Waals surface area contributed by atoms with Crippen LogP contribution in [0.2, 0.25) is 0 Å². The topological polar surface area (TPSA) is 58.2 Å². The predicted molar refractivity (Wildman–Crippen MR) is 79.2 cm³/mol. The zero-order valence-corrected chi connectivity index (χ0v) is 13.0. The van der Waals surface area contributed by atoms with Gasteiger partial charge in [0.25, 0.3) is 0 Å². The van der Waals surface area contributed by atoms with Gasteiger partial charge >= 0.3 is 0 Å². The van der Waals surface area contributed by atoms with Gasteiger partial charge in [-0.2, -0.15) is 0 Å². The molecule has 1 heterocycles. The predicted octanol–water partition coefficient (Wildman–Crippen LogP) is 1.98. The summed E-state index contributed by atoms with van der Waals surface area (Å²) in [6.45, 7) is 3.03. The number of nitrogens with one attached hydrogen (secondary N) is 2. The number of sulfonamides is 1. The van der Waals surface area contributed by atoms with Crippen LogP contribution in [0.4, 0.5) is 4.39 Å². The molecule has 0 spiro atoms. The number of rotatable bonds is 5. The molecule has 0 radical (unpaired) electrons. The Morgan fingerprint density at radius 3 is 2.85 bits per heavy atom. The van der Waals surface area contributed by atoms with E-state index in [9.17, 15) is 12.8 Å². The van der Waals surface area contributed by atoms with Crippen LogP contribution in [-0.4, -0.2) is 27.5 Å². The molecular weight excluding hydrogens is 303 g/mol. The highest BCUT2D eigenvalue weighted by Crippen LogP contribution is 2.16. The molecule has 1 aromatic carbocycles. The summed E-state index contributed by atoms with van der Waals surface area (Å²) < 4.78 is 39.8. The molecule has 114 valence electrons. The van der Waals surface area contributed by atoms with Crippen molar-refractivity contribution in [3.05, 3.63) is 29.6 Å². The lowest BCUT2D eigenvalue weighted by Crippen LogP contribution is -2.31. The zero-order valence-electron chi connectivity index (χ0n) is 11.4. The number of aryl methyl sites for hydroxylation is 1. The van der Waals surface area contributed by atoms with Gasteiger partial charge in [-0.3, -0.25) is 0 Å². The minimum Gasteiger partial charge on any atom is -0.314 e. The summed E-state index contributed by atoms with van der Waals surface area (Å²) >= 11 is 0. The Labute approximate surface area is 125 Å². The smallest absolute Gasteiger partial charge is 0.240 e. The minimum absolute atomic E-state index is 0. The van der Waals surface area contributed by atoms with E-state index in [-0.39, 0.29) is 17.3 Å². The Balaban J connectivity index is 0.00000200. The normalized spacial score (nSPS) is 18.8. The molecular formula is C13H20ClFN2O2S. The van der Waals surface area contributed by atoms with Crippen molar-refractivity contribution in [3.63, 3.8) is 0 Å². The highest BCUT2D eigenvalue weighted by molar-refractivity contribution is 7.89. The van der Waals surface area contributed by atoms with Crippen molar-refractivity contribution in [1.82, 2.24) is 10.0 Å². The lowest BCUT2D eigenvalue weighted by molar-refractivity contribution is 0.538. The van der Waals surface area contributed by atoms with E-state index in [2.05, 4.69) is 10.0 Å². The summed E-state index contributed by atoms with van der Waals surface area (Å²) in [4.78, 5) is 0.0203. The van der Waals surface area contributed by atoms with Crippen LogP contribution >= 0.6 is 12.4 Å². The van der Waals surface area contributed by atoms with Crippen LogP contribution < -0.4 is 10.0 Å². The van der Waals surface area contributed by atoms with Gasteiger partial charge in [0.15, 0.2) is 0 Å². The van der Waals surface area contributed by atoms with Gasteiger partial charge in [0, 0.05) is 12.6 Å². The monoisotopic (exact) mass is 322 g/mol. The number of halogens is 2. The van der Waals surface area contributed by atoms with Gasteiger partial charge < -0.3 is 5.32 Å². The van der Waals surface area contributed by atoms with Crippen molar-refractivity contribution in [1.29, 1.82) is 0 Å². The molecule has 0 aromatic heterocycles. The summed E-state index contributed by atoms with van der Waals surface area (Å²) in [6.07, 6.45) is 2.98. The van der Waals surface area contributed by atoms with E-state index in [1.165, 1.54) is 12.1 Å². The van der Waals surface area contributed by atoms with E-state index >= 15 is 0 Å². The average Bonchev–Trinajstić information content (AvgIpc) is 2.85. The fourth-order valence-corrected chi connectivity index (χ4v) is 3.61. The summed E-state index contributed by atoms with van der Waals surface area (Å²) in [5.41, 5.74) is 0.549. The third-order valence-electron chi connectivity index (χ3n) is 3.39. The van der Waals surface area contributed by atoms with Crippen LogP contribution in [0.5, 0.6) is 0 Å². The zero-order chi connectivity index (χ0) is 13.9. The largest absolute Gasteiger partial charge is 0.314 e. The second kappa shape index (κ2) is 7.36. The molecule has 1 atom stereocenters. The molecule has 2 N–H and O–H groups in total. The molecule has 2 rings (SSSR count). The molecule has 1 fully saturated rings. The second-order valence-corrected chi connectivity index (χ2v) is 6.62. The molecule has 20 heavy (non-hydrogen) atoms. The second-order valence-electron chi connectivity index (χ2n) is 4.89. The van der Waals surface area contributed by atoms with E-state index in [0.717, 1.165) is 31.9 Å². The van der Waals surface area contributed by atoms with Crippen molar-refractivity contribution >= 4 is 22.4 Å². The Morgan fingerprint density at radius 2 is 2.20 bits per heavy atom. The maximum atomic E-state index is 13.1. The van der Waals surface area contributed by atoms with Crippen molar-refractivity contribution in [3.8, 4) is 0 Å². The van der Waals surface area contributed by atoms with E-state index in [1.807, 2.05) is 0 Å². The number of hydrogen-bond donors (Lipinski definition) is 2. The lowest BCUT2D eigenvalue weighted by Gasteiger charge is -2.12. The van der Waals surface area contributed by atoms with E-state index in [0.29, 0.717) is 18.2 Å². The third kappa shape index (κ3) is 4.41. The highest BCUT2D eigenvalue weighted by Gasteiger charge is 2.19. The van der Waals surface area contributed by atoms with Gasteiger partial charge in [-0.05, 0) is 50.4 Å². The molecule has 4 nitrogen and oxygen atoms in total. The first kappa shape index (κ1) is 17.4. The van der Waals surface area contributed by atoms with Crippen molar-refractivity contribution in [2.75, 3.05) is 13.1 Å². The quantitative estimate of drug-likeness (QED) is 0.871. The molecule has 0 bridgehead atoms. The van der Waals surface area contributed by atoms with Gasteiger partial charge in [0.1, 0.15) is 5.82 Å². The standard InChI is InChI=1S/C13H19FN2O2S.ClH/c1-10-4-5-11(14)9-13(10)19(17,18)16-8-6-12-3-2-7-15-12;/h4-5,9,12,15-16H,2-3,6-8H2,1H3;1H/t12-;/m1./s1. The lowest BCUT2D eigenvalue weighted by atomic mass is 10.2. The third-order valence-corrected chi connectivity index (χ3v) is 4.99. The van der Waals surface area contributed by atoms with Gasteiger partial charge in [0.2, 0.25) is 10.0 Å². The SMILES string of the molecule is Cc1ccc(F)cc1S(=O)(=O)NCC[C@H]1CCCN1.Cl. The highest BCUT2D eigenvalue weighted by atomic mass is 35.5. The fraction of sp³-hybridized carbons (Fsp3) is 0.538. The molecule has 7 heteroatoms. The number of hydrogen-bond acceptors (Lipinski definition) is 3. The van der Waals surface area contributed by atoms with Gasteiger partial charge in [0.05, 0.1) is 4.90 Å². The van der Waals surface area contributed by atoms with Crippen molar-refractivity contribution < 1.29 is 12.8 Å². The minimum atomic E-state index is -3.62. The Kier molecular flexibility index (Phi) is 6.39. The molecule has 1 aromatic rings. The van der Waals surface area contributed by atoms with E-state index in [1.54, 1.807) is 6.92 Å². The van der Waals surface area contributed by atoms with E-state index in [4.69, 9.17) is 0 Å². The summed E-state index contributed by atoms with van der Waals surface area (Å²) in [5, 5.41) is 3.31. The van der Waals surface area contributed by atoms with E-state index < -0.39 is 15.8 Å². The maximum Gasteiger partial charge on any atom is 0.240 e. The van der Waals surface area contributed by atoms with Gasteiger partial charge in [-0.1, -0.05) is 6.07 Å². The number of benzene rings is 1. The van der Waals surface area contributed by atoms with Crippen LogP contribution in [0, 0.1) is 12.7 Å². The molecule has 0 saturated carbocycles. The van der Waals surface area contributed by atoms with Crippen LogP contribution in [0.25, 0.3) is 0 Å². The maximum absolute atomic E-state index is 13.1. The molecule has 0 amide bonds. The summed E-state index contributed by atoms with van der Waals surface area (Å²) in [5.74, 6) is -0.538. The van der Waals surface area contributed by atoms with Gasteiger partial charge in [-0.15, -0.1) is 12.4 Å². The summed E-state index contributed by atoms with van der Waals surface area (Å²) in [6, 6.07) is 4.18. The van der Waals surface area contributed by atoms with Crippen LogP contribution in [0.1, 0.15) is 24.8 Å². The van der Waals surface area contributed by atoms with Crippen LogP contribution in [-0.2, 0) is 10.0 Å². The molecule has 0 aliphatic carbocycles. The molecule has 1 saturated heterocycles. The first-order chi connectivity index (χ1) is 8.99. The van der Waals surface area contributed by atoms with Crippen molar-refractivity contribution in [2.24, 2.45) is 0 Å². The molecule has 0 unspecified atom stereocenters. The van der Waals surface area contributed by atoms with Crippen LogP contribution in [0.15, 0.2) is 23.1 Å². The Hall–Kier alpha value is -0.690. The first-order valence-electron chi connectivity index (χ1n) is 6.48. The Bertz CT molecular complexity index is 545. The van der Waals surface area contributed by atoms with Crippen molar-refractivity contribution in [2.45, 2.75) is 37.1 Å². The first-order valence-corrected chi connectivity index (χ1v) is 7.96. The summed E-state index contributed by atoms with van der Waals surface area (Å²) in [7, 11) is -3.62. The van der Waals surface area contributed by atoms with Gasteiger partial charge in [-0.25, -0.2) is 17.5 Å². The van der Waals surface area contributed by atoms with Crippen LogP contribution in [0.3, 0.4) is 0 Å². The molecule has 1 aliphatic rings. The fourth-order valence-electron chi connectivity index (χ4n) is 2.31.